The second-order valence-electron chi connectivity index (χ2n) is 4.93. The Kier molecular flexibility index (Phi) is 5.23. The fourth-order valence-corrected chi connectivity index (χ4v) is 1.58. The van der Waals surface area contributed by atoms with Crippen molar-refractivity contribution in [2.45, 2.75) is 30.9 Å². The van der Waals surface area contributed by atoms with Crippen LogP contribution in [0.25, 0.3) is 0 Å². The molecule has 0 unspecified atom stereocenters. The van der Waals surface area contributed by atoms with Crippen molar-refractivity contribution in [3.05, 3.63) is 33.9 Å². The predicted octanol–water partition coefficient (Wildman–Crippen LogP) is 4.31. The molecule has 1 rings (SSSR count). The number of nitrogens with zero attached hydrogens (tertiary/aromatic N) is 1. The highest BCUT2D eigenvalue weighted by Gasteiger charge is 2.83. The quantitative estimate of drug-likeness (QED) is 0.457. The van der Waals surface area contributed by atoms with Gasteiger partial charge in [-0.2, -0.15) is 39.5 Å². The molecule has 0 fully saturated rings. The van der Waals surface area contributed by atoms with E-state index in [0.717, 1.165) is 24.4 Å². The molecule has 0 saturated carbocycles. The summed E-state index contributed by atoms with van der Waals surface area (Å²) >= 11 is 0. The third-order valence-corrected chi connectivity index (χ3v) is 3.11. The van der Waals surface area contributed by atoms with Gasteiger partial charge in [-0.1, -0.05) is 6.07 Å². The summed E-state index contributed by atoms with van der Waals surface area (Å²) in [5, 5.41) is 11.6. The highest BCUT2D eigenvalue weighted by atomic mass is 19.4. The van der Waals surface area contributed by atoms with Crippen LogP contribution in [0, 0.1) is 17.0 Å². The molecule has 0 bridgehead atoms. The highest BCUT2D eigenvalue weighted by Crippen LogP contribution is 2.53. The van der Waals surface area contributed by atoms with E-state index in [1.54, 1.807) is 0 Å². The molecule has 0 aliphatic rings. The number of amides is 1. The first kappa shape index (κ1) is 21.5. The highest BCUT2D eigenvalue weighted by molar-refractivity contribution is 5.97. The molecule has 146 valence electrons. The number of benzene rings is 1. The summed E-state index contributed by atoms with van der Waals surface area (Å²) in [7, 11) is 0. The van der Waals surface area contributed by atoms with Gasteiger partial charge in [-0.15, -0.1) is 0 Å². The summed E-state index contributed by atoms with van der Waals surface area (Å²) in [4.78, 5) is 20.8. The molecule has 0 atom stereocenters. The van der Waals surface area contributed by atoms with E-state index in [9.17, 15) is 54.4 Å². The van der Waals surface area contributed by atoms with Gasteiger partial charge in [-0.25, -0.2) is 0 Å². The number of carbonyl (C=O) groups excluding carboxylic acids is 1. The first-order chi connectivity index (χ1) is 11.5. The fraction of sp³-hybridized carbons (Fsp3) is 0.417. The Morgan fingerprint density at radius 2 is 1.50 bits per heavy atom. The summed E-state index contributed by atoms with van der Waals surface area (Å²) in [6, 6.07) is 2.17. The van der Waals surface area contributed by atoms with Crippen molar-refractivity contribution in [1.82, 2.24) is 0 Å². The normalized spacial score (nSPS) is 13.5. The molecule has 0 aliphatic carbocycles. The smallest absolute Gasteiger partial charge is 0.320 e. The molecule has 0 heterocycles. The third-order valence-electron chi connectivity index (χ3n) is 3.11. The van der Waals surface area contributed by atoms with Crippen molar-refractivity contribution in [2.24, 2.45) is 0 Å². The number of aryl methyl sites for hydroxylation is 1. The number of alkyl halides is 9. The average molecular weight is 398 g/mol. The molecule has 0 radical (unpaired) electrons. The van der Waals surface area contributed by atoms with Crippen LogP contribution in [0.15, 0.2) is 18.2 Å². The van der Waals surface area contributed by atoms with Crippen LogP contribution < -0.4 is 5.32 Å². The van der Waals surface area contributed by atoms with Crippen LogP contribution in [0.2, 0.25) is 0 Å². The zero-order chi connectivity index (χ0) is 20.7. The fourth-order valence-electron chi connectivity index (χ4n) is 1.58. The monoisotopic (exact) mass is 398 g/mol. The second-order valence-corrected chi connectivity index (χ2v) is 4.93. The van der Waals surface area contributed by atoms with Gasteiger partial charge in [-0.3, -0.25) is 14.9 Å². The minimum Gasteiger partial charge on any atom is -0.320 e. The second kappa shape index (κ2) is 6.32. The number of halogens is 9. The largest absolute Gasteiger partial charge is 0.460 e. The van der Waals surface area contributed by atoms with Crippen LogP contribution in [0.3, 0.4) is 0 Å². The van der Waals surface area contributed by atoms with E-state index in [4.69, 9.17) is 0 Å². The summed E-state index contributed by atoms with van der Waals surface area (Å²) < 4.78 is 115. The standard InChI is InChI=1S/C12H7F9N2O3/c1-5-2-3-6(23(25)26)4-7(5)22-8(24)9(13,14)10(15,16)11(17,18)12(19,20)21/h2-4H,1H3,(H,22,24). The number of nitro groups is 1. The summed E-state index contributed by atoms with van der Waals surface area (Å²) in [5.41, 5.74) is -1.83. The zero-order valence-corrected chi connectivity index (χ0v) is 12.3. The molecule has 1 aromatic rings. The van der Waals surface area contributed by atoms with Crippen LogP contribution in [0.5, 0.6) is 0 Å². The minimum absolute atomic E-state index is 0.189. The van der Waals surface area contributed by atoms with Crippen LogP contribution in [-0.4, -0.2) is 34.8 Å². The van der Waals surface area contributed by atoms with E-state index in [1.165, 1.54) is 0 Å². The number of nitro benzene ring substituents is 1. The molecule has 0 aromatic heterocycles. The average Bonchev–Trinajstić information content (AvgIpc) is 2.47. The minimum atomic E-state index is -7.22. The van der Waals surface area contributed by atoms with Crippen molar-refractivity contribution >= 4 is 17.3 Å². The molecular weight excluding hydrogens is 391 g/mol. The van der Waals surface area contributed by atoms with E-state index >= 15 is 0 Å². The SMILES string of the molecule is Cc1ccc([N+](=O)[O-])cc1NC(=O)C(F)(F)C(F)(F)C(F)(F)C(F)(F)F. The number of nitrogens with one attached hydrogen (secondary N) is 1. The summed E-state index contributed by atoms with van der Waals surface area (Å²) in [6.45, 7) is 1.07. The molecule has 1 aromatic carbocycles. The maximum absolute atomic E-state index is 13.4. The molecule has 0 aliphatic heterocycles. The third kappa shape index (κ3) is 3.39. The Hall–Kier alpha value is -2.54. The van der Waals surface area contributed by atoms with E-state index in [-0.39, 0.29) is 5.56 Å². The summed E-state index contributed by atoms with van der Waals surface area (Å²) in [6.07, 6.45) is -7.07. The van der Waals surface area contributed by atoms with Gasteiger partial charge in [0.2, 0.25) is 0 Å². The Bertz CT molecular complexity index is 731. The molecule has 0 saturated heterocycles. The van der Waals surface area contributed by atoms with E-state index in [0.29, 0.717) is 6.07 Å². The number of hydrogen-bond donors (Lipinski definition) is 1. The van der Waals surface area contributed by atoms with Crippen molar-refractivity contribution in [3.8, 4) is 0 Å². The van der Waals surface area contributed by atoms with Crippen LogP contribution in [0.1, 0.15) is 5.56 Å². The maximum atomic E-state index is 13.4. The van der Waals surface area contributed by atoms with E-state index < -0.39 is 46.1 Å². The van der Waals surface area contributed by atoms with Crippen molar-refractivity contribution < 1.29 is 49.2 Å². The van der Waals surface area contributed by atoms with Crippen molar-refractivity contribution in [3.63, 3.8) is 0 Å². The first-order valence-corrected chi connectivity index (χ1v) is 6.23. The van der Waals surface area contributed by atoms with Crippen LogP contribution >= 0.6 is 0 Å². The topological polar surface area (TPSA) is 72.2 Å². The van der Waals surface area contributed by atoms with Crippen LogP contribution in [-0.2, 0) is 4.79 Å². The van der Waals surface area contributed by atoms with Gasteiger partial charge in [-0.05, 0) is 12.5 Å². The van der Waals surface area contributed by atoms with E-state index in [2.05, 4.69) is 0 Å². The van der Waals surface area contributed by atoms with Gasteiger partial charge >= 0.3 is 29.9 Å². The Morgan fingerprint density at radius 3 is 1.92 bits per heavy atom. The number of rotatable bonds is 5. The van der Waals surface area contributed by atoms with Crippen molar-refractivity contribution in [2.75, 3.05) is 5.32 Å². The Labute approximate surface area is 137 Å². The van der Waals surface area contributed by atoms with Gasteiger partial charge in [0.05, 0.1) is 10.6 Å². The predicted molar refractivity (Wildman–Crippen MR) is 67.4 cm³/mol. The Morgan fingerprint density at radius 1 is 1.00 bits per heavy atom. The number of non-ortho nitro benzene ring substituents is 1. The lowest BCUT2D eigenvalue weighted by Crippen LogP contribution is -2.64. The molecule has 5 nitrogen and oxygen atoms in total. The van der Waals surface area contributed by atoms with E-state index in [1.807, 2.05) is 0 Å². The van der Waals surface area contributed by atoms with Gasteiger partial charge in [0, 0.05) is 12.1 Å². The van der Waals surface area contributed by atoms with Gasteiger partial charge in [0.25, 0.3) is 5.69 Å². The summed E-state index contributed by atoms with van der Waals surface area (Å²) in [5.74, 6) is -24.0. The lowest BCUT2D eigenvalue weighted by atomic mass is 10.0. The molecule has 0 spiro atoms. The molecule has 1 amide bonds. The first-order valence-electron chi connectivity index (χ1n) is 6.23. The molecule has 14 heteroatoms. The number of carbonyl (C=O) groups is 1. The van der Waals surface area contributed by atoms with Crippen LogP contribution in [0.4, 0.5) is 50.9 Å². The van der Waals surface area contributed by atoms with Gasteiger partial charge in [0.1, 0.15) is 0 Å². The lowest BCUT2D eigenvalue weighted by Gasteiger charge is -2.32. The number of anilines is 1. The maximum Gasteiger partial charge on any atom is 0.460 e. The van der Waals surface area contributed by atoms with Gasteiger partial charge < -0.3 is 5.32 Å². The Balaban J connectivity index is 3.28. The number of hydrogen-bond acceptors (Lipinski definition) is 3. The van der Waals surface area contributed by atoms with Crippen molar-refractivity contribution in [1.29, 1.82) is 0 Å². The van der Waals surface area contributed by atoms with Gasteiger partial charge in [0.15, 0.2) is 0 Å². The lowest BCUT2D eigenvalue weighted by molar-refractivity contribution is -0.388. The molecular formula is C12H7F9N2O3. The molecule has 26 heavy (non-hydrogen) atoms. The molecule has 1 N–H and O–H groups in total. The zero-order valence-electron chi connectivity index (χ0n) is 12.3.